The Balaban J connectivity index is 1.36. The summed E-state index contributed by atoms with van der Waals surface area (Å²) in [5.74, 6) is -0.378. The summed E-state index contributed by atoms with van der Waals surface area (Å²) in [5, 5.41) is 4.74. The van der Waals surface area contributed by atoms with Crippen LogP contribution in [0.1, 0.15) is 42.8 Å². The van der Waals surface area contributed by atoms with Crippen molar-refractivity contribution < 1.29 is 17.5 Å². The lowest BCUT2D eigenvalue weighted by Crippen LogP contribution is -2.33. The Hall–Kier alpha value is -3.69. The van der Waals surface area contributed by atoms with Crippen molar-refractivity contribution >= 4 is 78.1 Å². The highest BCUT2D eigenvalue weighted by molar-refractivity contribution is 8.03. The Kier molecular flexibility index (Phi) is 9.05. The molecule has 0 N–H and O–H groups in total. The molecule has 0 fully saturated rings. The van der Waals surface area contributed by atoms with E-state index in [4.69, 9.17) is 0 Å². The molecule has 44 heavy (non-hydrogen) atoms. The molecule has 0 spiro atoms. The van der Waals surface area contributed by atoms with Gasteiger partial charge in [0.2, 0.25) is 5.52 Å². The number of thiazole rings is 1. The summed E-state index contributed by atoms with van der Waals surface area (Å²) in [6.07, 6.45) is 9.82. The van der Waals surface area contributed by atoms with Crippen LogP contribution in [-0.4, -0.2) is 25.3 Å². The highest BCUT2D eigenvalue weighted by Crippen LogP contribution is 2.47. The minimum atomic E-state index is -4.28. The number of anilines is 1. The summed E-state index contributed by atoms with van der Waals surface area (Å²) in [6, 6.07) is 29.5. The van der Waals surface area contributed by atoms with E-state index in [-0.39, 0.29) is 12.2 Å². The molecule has 0 radical (unpaired) electrons. The van der Waals surface area contributed by atoms with E-state index in [0.29, 0.717) is 6.54 Å². The highest BCUT2D eigenvalue weighted by Gasteiger charge is 2.26. The fourth-order valence-corrected chi connectivity index (χ4v) is 8.49. The first-order valence-corrected chi connectivity index (χ1v) is 18.1. The van der Waals surface area contributed by atoms with Crippen molar-refractivity contribution in [1.82, 2.24) is 0 Å². The zero-order valence-corrected chi connectivity index (χ0v) is 27.2. The molecule has 0 aliphatic carbocycles. The quantitative estimate of drug-likeness (QED) is 0.0870. The first kappa shape index (κ1) is 30.3. The Morgan fingerprint density at radius 3 is 2.48 bits per heavy atom. The molecule has 0 saturated heterocycles. The molecule has 4 aromatic carbocycles. The van der Waals surface area contributed by atoms with Gasteiger partial charge in [-0.05, 0) is 72.2 Å². The second-order valence-corrected chi connectivity index (χ2v) is 14.4. The van der Waals surface area contributed by atoms with Gasteiger partial charge in [0.1, 0.15) is 11.2 Å². The number of hydrogen-bond acceptors (Lipinski definition) is 6. The third kappa shape index (κ3) is 6.69. The topological polar surface area (TPSA) is 64.3 Å². The summed E-state index contributed by atoms with van der Waals surface area (Å²) in [7, 11) is -4.28. The number of nitrogens with zero attached hydrogens (tertiary/aromatic N) is 2. The van der Waals surface area contributed by atoms with E-state index in [1.807, 2.05) is 18.2 Å². The van der Waals surface area contributed by atoms with Gasteiger partial charge in [-0.1, -0.05) is 103 Å². The van der Waals surface area contributed by atoms with Gasteiger partial charge < -0.3 is 9.45 Å². The molecule has 8 heteroatoms. The second kappa shape index (κ2) is 13.1. The molecular formula is C36H34N2O3S3. The summed E-state index contributed by atoms with van der Waals surface area (Å²) in [4.78, 5) is 3.27. The van der Waals surface area contributed by atoms with Crippen LogP contribution in [0.3, 0.4) is 0 Å². The molecule has 2 heterocycles. The summed E-state index contributed by atoms with van der Waals surface area (Å²) in [5.41, 5.74) is 5.72. The number of allylic oxidation sites excluding steroid dienone is 2. The van der Waals surface area contributed by atoms with E-state index in [9.17, 15) is 13.0 Å². The predicted octanol–water partition coefficient (Wildman–Crippen LogP) is 8.71. The Labute approximate surface area is 267 Å². The monoisotopic (exact) mass is 638 g/mol. The van der Waals surface area contributed by atoms with Crippen molar-refractivity contribution in [3.8, 4) is 0 Å². The number of aromatic nitrogens is 1. The van der Waals surface area contributed by atoms with Crippen LogP contribution in [-0.2, 0) is 16.7 Å². The van der Waals surface area contributed by atoms with E-state index in [0.717, 1.165) is 39.7 Å². The molecule has 0 atom stereocenters. The molecule has 5 nitrogen and oxygen atoms in total. The van der Waals surface area contributed by atoms with Crippen molar-refractivity contribution in [1.29, 1.82) is 0 Å². The molecule has 1 aromatic heterocycles. The first-order chi connectivity index (χ1) is 21.3. The van der Waals surface area contributed by atoms with E-state index in [1.54, 1.807) is 23.1 Å². The molecular weight excluding hydrogens is 605 g/mol. The van der Waals surface area contributed by atoms with Crippen LogP contribution >= 0.6 is 23.1 Å². The van der Waals surface area contributed by atoms with Crippen molar-refractivity contribution in [2.24, 2.45) is 0 Å². The Bertz CT molecular complexity index is 2030. The molecule has 224 valence electrons. The zero-order chi connectivity index (χ0) is 30.7. The fraction of sp³-hybridized carbons (Fsp3) is 0.194. The van der Waals surface area contributed by atoms with Crippen LogP contribution in [0.4, 0.5) is 5.69 Å². The highest BCUT2D eigenvalue weighted by atomic mass is 32.2. The van der Waals surface area contributed by atoms with Gasteiger partial charge in [-0.3, -0.25) is 0 Å². The maximum absolute atomic E-state index is 11.4. The minimum absolute atomic E-state index is 0.267. The number of thioether (sulfide) groups is 1. The van der Waals surface area contributed by atoms with Crippen LogP contribution in [0.25, 0.3) is 39.2 Å². The standard InChI is InChI=1S/C36H34N2O3S3/c1-3-26(24-34-37(4-2)36-30-14-9-8-13-29(30)18-20-32(36)42-34)25-35-38(21-10-22-44(39,40)41)31-19-17-28(23-33(31)43-35)16-15-27-11-6-5-7-12-27/h5-9,11-20,23-25H,3-4,10,21-22H2,1-2H3. The lowest BCUT2D eigenvalue weighted by molar-refractivity contribution is -0.664. The van der Waals surface area contributed by atoms with Crippen molar-refractivity contribution in [2.75, 3.05) is 17.2 Å². The SMILES string of the molecule is CCC(=Cc1sc2ccc3ccccc3c2[n+]1CC)C=C1Sc2cc(C=Cc3ccccc3)ccc2N1CCCS(=O)(=O)[O-]. The van der Waals surface area contributed by atoms with Crippen LogP contribution in [0.2, 0.25) is 0 Å². The van der Waals surface area contributed by atoms with Gasteiger partial charge in [0.15, 0.2) is 0 Å². The number of hydrogen-bond donors (Lipinski definition) is 0. The molecule has 0 saturated carbocycles. The van der Waals surface area contributed by atoms with Gasteiger partial charge in [-0.25, -0.2) is 8.42 Å². The van der Waals surface area contributed by atoms with Crippen molar-refractivity contribution in [3.63, 3.8) is 0 Å². The van der Waals surface area contributed by atoms with Gasteiger partial charge in [-0.15, -0.1) is 0 Å². The maximum Gasteiger partial charge on any atom is 0.263 e. The number of aryl methyl sites for hydroxylation is 1. The largest absolute Gasteiger partial charge is 0.748 e. The Morgan fingerprint density at radius 2 is 1.70 bits per heavy atom. The number of fused-ring (bicyclic) bond motifs is 4. The average molecular weight is 639 g/mol. The molecule has 0 amide bonds. The third-order valence-corrected chi connectivity index (χ3v) is 10.7. The molecule has 0 bridgehead atoms. The van der Waals surface area contributed by atoms with Crippen LogP contribution in [0, 0.1) is 0 Å². The van der Waals surface area contributed by atoms with E-state index in [2.05, 4.69) is 114 Å². The van der Waals surface area contributed by atoms with Crippen LogP contribution in [0.5, 0.6) is 0 Å². The molecule has 0 unspecified atom stereocenters. The van der Waals surface area contributed by atoms with Crippen LogP contribution in [0.15, 0.2) is 107 Å². The van der Waals surface area contributed by atoms with Gasteiger partial charge in [0.05, 0.1) is 26.2 Å². The zero-order valence-electron chi connectivity index (χ0n) is 24.8. The molecule has 5 aromatic rings. The Morgan fingerprint density at radius 1 is 0.932 bits per heavy atom. The third-order valence-electron chi connectivity index (χ3n) is 7.76. The van der Waals surface area contributed by atoms with Gasteiger partial charge in [0.25, 0.3) is 5.01 Å². The van der Waals surface area contributed by atoms with Gasteiger partial charge in [0, 0.05) is 23.3 Å². The van der Waals surface area contributed by atoms with Crippen molar-refractivity contribution in [2.45, 2.75) is 38.1 Å². The van der Waals surface area contributed by atoms with Gasteiger partial charge >= 0.3 is 0 Å². The summed E-state index contributed by atoms with van der Waals surface area (Å²) < 4.78 is 37.9. The molecule has 6 rings (SSSR count). The lowest BCUT2D eigenvalue weighted by atomic mass is 10.1. The number of benzene rings is 4. The van der Waals surface area contributed by atoms with Gasteiger partial charge in [-0.2, -0.15) is 4.57 Å². The fourth-order valence-electron chi connectivity index (χ4n) is 5.58. The second-order valence-electron chi connectivity index (χ2n) is 10.7. The molecule has 1 aliphatic rings. The summed E-state index contributed by atoms with van der Waals surface area (Å²) >= 11 is 3.49. The minimum Gasteiger partial charge on any atom is -0.748 e. The maximum atomic E-state index is 11.4. The van der Waals surface area contributed by atoms with E-state index >= 15 is 0 Å². The predicted molar refractivity (Wildman–Crippen MR) is 186 cm³/mol. The number of rotatable bonds is 10. The van der Waals surface area contributed by atoms with E-state index in [1.165, 1.54) is 31.6 Å². The first-order valence-electron chi connectivity index (χ1n) is 14.9. The average Bonchev–Trinajstić information content (AvgIpc) is 3.56. The van der Waals surface area contributed by atoms with Crippen molar-refractivity contribution in [3.05, 3.63) is 118 Å². The lowest BCUT2D eigenvalue weighted by Gasteiger charge is -2.21. The normalized spacial score (nSPS) is 14.8. The smallest absolute Gasteiger partial charge is 0.263 e. The molecule has 1 aliphatic heterocycles. The van der Waals surface area contributed by atoms with E-state index < -0.39 is 10.1 Å². The van der Waals surface area contributed by atoms with Crippen LogP contribution < -0.4 is 9.47 Å². The summed E-state index contributed by atoms with van der Waals surface area (Å²) in [6.45, 7) is 5.67.